The smallest absolute Gasteiger partial charge is 0.231 e. The zero-order chi connectivity index (χ0) is 19.9. The van der Waals surface area contributed by atoms with Crippen LogP contribution in [-0.4, -0.2) is 35.7 Å². The van der Waals surface area contributed by atoms with Gasteiger partial charge in [0.25, 0.3) is 0 Å². The van der Waals surface area contributed by atoms with Crippen LogP contribution in [0.2, 0.25) is 0 Å². The van der Waals surface area contributed by atoms with E-state index in [1.54, 1.807) is 4.68 Å². The van der Waals surface area contributed by atoms with E-state index in [4.69, 9.17) is 4.84 Å². The zero-order valence-corrected chi connectivity index (χ0v) is 15.9. The van der Waals surface area contributed by atoms with E-state index in [2.05, 4.69) is 25.8 Å². The fraction of sp³-hybridized carbons (Fsp3) is 0.136. The van der Waals surface area contributed by atoms with Crippen LogP contribution in [0.3, 0.4) is 0 Å². The quantitative estimate of drug-likeness (QED) is 0.466. The van der Waals surface area contributed by atoms with Crippen molar-refractivity contribution in [2.45, 2.75) is 12.8 Å². The third kappa shape index (κ3) is 2.65. The largest absolute Gasteiger partial charge is 0.368 e. The second kappa shape index (κ2) is 6.77. The molecule has 0 unspecified atom stereocenters. The van der Waals surface area contributed by atoms with Gasteiger partial charge in [0.1, 0.15) is 11.0 Å². The molecule has 0 radical (unpaired) electrons. The topological polar surface area (TPSA) is 83.0 Å². The summed E-state index contributed by atoms with van der Waals surface area (Å²) in [6.07, 6.45) is -0.435. The summed E-state index contributed by atoms with van der Waals surface area (Å²) in [5.74, 6) is -0.123. The molecule has 0 amide bonds. The number of rotatable bonds is 4. The van der Waals surface area contributed by atoms with Gasteiger partial charge in [-0.15, -0.1) is 10.2 Å². The highest BCUT2D eigenvalue weighted by Crippen LogP contribution is 2.34. The third-order valence-electron chi connectivity index (χ3n) is 5.43. The summed E-state index contributed by atoms with van der Waals surface area (Å²) in [4.78, 5) is 5.93. The average molecular weight is 395 g/mol. The van der Waals surface area contributed by atoms with Crippen molar-refractivity contribution in [2.75, 3.05) is 0 Å². The highest BCUT2D eigenvalue weighted by Gasteiger charge is 2.38. The van der Waals surface area contributed by atoms with Crippen molar-refractivity contribution in [2.24, 2.45) is 11.1 Å². The van der Waals surface area contributed by atoms with Gasteiger partial charge in [0.2, 0.25) is 6.23 Å². The Hall–Kier alpha value is -4.07. The molecule has 3 heterocycles. The van der Waals surface area contributed by atoms with Crippen molar-refractivity contribution < 1.29 is 4.84 Å². The molecule has 8 nitrogen and oxygen atoms in total. The lowest BCUT2D eigenvalue weighted by Crippen LogP contribution is -2.28. The van der Waals surface area contributed by atoms with E-state index in [0.29, 0.717) is 6.54 Å². The van der Waals surface area contributed by atoms with Crippen LogP contribution in [-0.2, 0) is 11.4 Å². The Morgan fingerprint density at radius 2 is 1.40 bits per heavy atom. The molecule has 30 heavy (non-hydrogen) atoms. The van der Waals surface area contributed by atoms with Gasteiger partial charge in [-0.25, -0.2) is 9.36 Å². The number of hydrogen-bond acceptors (Lipinski definition) is 6. The number of hydrogen-bond donors (Lipinski definition) is 0. The maximum Gasteiger partial charge on any atom is 0.231 e. The average Bonchev–Trinajstić information content (AvgIpc) is 3.52. The Labute approximate surface area is 171 Å². The van der Waals surface area contributed by atoms with Gasteiger partial charge in [-0.1, -0.05) is 70.2 Å². The number of aromatic nitrogens is 6. The first-order valence-electron chi connectivity index (χ1n) is 9.76. The first-order chi connectivity index (χ1) is 14.9. The van der Waals surface area contributed by atoms with Crippen molar-refractivity contribution in [3.8, 4) is 0 Å². The molecule has 3 aromatic carbocycles. The maximum absolute atomic E-state index is 5.93. The highest BCUT2D eigenvalue weighted by molar-refractivity contribution is 6.03. The predicted molar refractivity (Wildman–Crippen MR) is 112 cm³/mol. The summed E-state index contributed by atoms with van der Waals surface area (Å²) in [6, 6.07) is 25.8. The van der Waals surface area contributed by atoms with Crippen LogP contribution < -0.4 is 0 Å². The lowest BCUT2D eigenvalue weighted by atomic mass is 9.95. The van der Waals surface area contributed by atoms with E-state index in [9.17, 15) is 0 Å². The Bertz CT molecular complexity index is 1370. The fourth-order valence-corrected chi connectivity index (χ4v) is 3.97. The van der Waals surface area contributed by atoms with Crippen LogP contribution in [0.15, 0.2) is 84.0 Å². The molecule has 1 aliphatic rings. The molecule has 0 fully saturated rings. The van der Waals surface area contributed by atoms with Gasteiger partial charge in [-0.3, -0.25) is 0 Å². The summed E-state index contributed by atoms with van der Waals surface area (Å²) in [5.41, 5.74) is 5.43. The van der Waals surface area contributed by atoms with Crippen molar-refractivity contribution in [1.29, 1.82) is 0 Å². The van der Waals surface area contributed by atoms with Crippen LogP contribution in [0.5, 0.6) is 0 Å². The van der Waals surface area contributed by atoms with Crippen molar-refractivity contribution in [1.82, 2.24) is 30.0 Å². The number of nitrogens with zero attached hydrogens (tertiary/aromatic N) is 7. The van der Waals surface area contributed by atoms with Crippen LogP contribution in [0.4, 0.5) is 0 Å². The molecule has 0 bridgehead atoms. The van der Waals surface area contributed by atoms with E-state index < -0.39 is 6.23 Å². The van der Waals surface area contributed by atoms with Gasteiger partial charge in [-0.2, -0.15) is 0 Å². The van der Waals surface area contributed by atoms with Gasteiger partial charge < -0.3 is 4.84 Å². The maximum atomic E-state index is 5.93. The van der Waals surface area contributed by atoms with E-state index in [1.807, 2.05) is 83.5 Å². The molecule has 6 rings (SSSR count). The van der Waals surface area contributed by atoms with Gasteiger partial charge in [0.05, 0.1) is 29.2 Å². The molecule has 1 aliphatic heterocycles. The van der Waals surface area contributed by atoms with E-state index in [0.717, 1.165) is 33.3 Å². The summed E-state index contributed by atoms with van der Waals surface area (Å²) < 4.78 is 3.71. The van der Waals surface area contributed by atoms with Crippen molar-refractivity contribution in [3.63, 3.8) is 0 Å². The molecule has 2 aromatic heterocycles. The third-order valence-corrected chi connectivity index (χ3v) is 5.43. The van der Waals surface area contributed by atoms with E-state index in [1.165, 1.54) is 0 Å². The van der Waals surface area contributed by atoms with Gasteiger partial charge >= 0.3 is 0 Å². The monoisotopic (exact) mass is 395 g/mol. The first-order valence-corrected chi connectivity index (χ1v) is 9.76. The summed E-state index contributed by atoms with van der Waals surface area (Å²) >= 11 is 0. The van der Waals surface area contributed by atoms with E-state index in [-0.39, 0.29) is 5.92 Å². The van der Waals surface area contributed by atoms with Gasteiger partial charge in [0, 0.05) is 0 Å². The van der Waals surface area contributed by atoms with Gasteiger partial charge in [-0.05, 0) is 29.8 Å². The SMILES string of the molecule is c1ccc(C2=NO[C@H](n3nnc4ccccc43)[C@H]2Cn2nnc3ccccc32)cc1. The predicted octanol–water partition coefficient (Wildman–Crippen LogP) is 3.43. The lowest BCUT2D eigenvalue weighted by molar-refractivity contribution is -0.00429. The minimum absolute atomic E-state index is 0.123. The van der Waals surface area contributed by atoms with E-state index >= 15 is 0 Å². The molecule has 0 saturated carbocycles. The van der Waals surface area contributed by atoms with Crippen LogP contribution in [0, 0.1) is 5.92 Å². The second-order valence-corrected chi connectivity index (χ2v) is 7.23. The van der Waals surface area contributed by atoms with Crippen molar-refractivity contribution >= 4 is 27.8 Å². The van der Waals surface area contributed by atoms with Crippen LogP contribution in [0.25, 0.3) is 22.1 Å². The molecular formula is C22H17N7O. The number of para-hydroxylation sites is 2. The Balaban J connectivity index is 1.45. The number of oxime groups is 1. The molecule has 0 aliphatic carbocycles. The number of benzene rings is 3. The summed E-state index contributed by atoms with van der Waals surface area (Å²) in [7, 11) is 0. The highest BCUT2D eigenvalue weighted by atomic mass is 16.7. The molecule has 8 heteroatoms. The molecular weight excluding hydrogens is 378 g/mol. The molecule has 146 valence electrons. The number of fused-ring (bicyclic) bond motifs is 2. The van der Waals surface area contributed by atoms with Gasteiger partial charge in [0.15, 0.2) is 0 Å². The van der Waals surface area contributed by atoms with Crippen LogP contribution in [0.1, 0.15) is 11.8 Å². The molecule has 5 aromatic rings. The Morgan fingerprint density at radius 3 is 2.23 bits per heavy atom. The standard InChI is InChI=1S/C22H17N7O/c1-2-8-15(9-3-1)21-16(14-28-19-12-6-4-10-17(19)23-26-28)22(30-25-21)29-20-13-7-5-11-18(20)24-27-29/h1-13,16,22H,14H2/t16-,22-/m0/s1. The minimum atomic E-state index is -0.435. The Morgan fingerprint density at radius 1 is 0.733 bits per heavy atom. The van der Waals surface area contributed by atoms with Crippen LogP contribution >= 0.6 is 0 Å². The lowest BCUT2D eigenvalue weighted by Gasteiger charge is -2.19. The molecule has 2 atom stereocenters. The fourth-order valence-electron chi connectivity index (χ4n) is 3.97. The normalized spacial score (nSPS) is 18.6. The first kappa shape index (κ1) is 16.8. The second-order valence-electron chi connectivity index (χ2n) is 7.23. The Kier molecular flexibility index (Phi) is 3.80. The summed E-state index contributed by atoms with van der Waals surface area (Å²) in [5, 5.41) is 21.8. The summed E-state index contributed by atoms with van der Waals surface area (Å²) in [6.45, 7) is 0.549. The van der Waals surface area contributed by atoms with Crippen molar-refractivity contribution in [3.05, 3.63) is 84.4 Å². The minimum Gasteiger partial charge on any atom is -0.368 e. The molecule has 0 spiro atoms. The zero-order valence-electron chi connectivity index (χ0n) is 15.9. The molecule has 0 N–H and O–H groups in total. The molecule has 0 saturated heterocycles.